The molecule has 0 aliphatic rings. The van der Waals surface area contributed by atoms with Crippen LogP contribution in [0.2, 0.25) is 0 Å². The first-order valence-corrected chi connectivity index (χ1v) is 6.40. The fraction of sp³-hybridized carbons (Fsp3) is 0.154. The largest absolute Gasteiger partial charge is 0.370 e. The van der Waals surface area contributed by atoms with E-state index in [4.69, 9.17) is 0 Å². The lowest BCUT2D eigenvalue weighted by Gasteiger charge is -2.10. The molecule has 0 aliphatic heterocycles. The van der Waals surface area contributed by atoms with Gasteiger partial charge in [0.2, 0.25) is 0 Å². The third-order valence-corrected chi connectivity index (χ3v) is 3.02. The highest BCUT2D eigenvalue weighted by Crippen LogP contribution is 2.27. The topological polar surface area (TPSA) is 37.0 Å². The van der Waals surface area contributed by atoms with Crippen molar-refractivity contribution in [3.05, 3.63) is 46.8 Å². The van der Waals surface area contributed by atoms with Crippen molar-refractivity contribution in [2.75, 3.05) is 17.2 Å². The minimum atomic E-state index is -0.276. The maximum Gasteiger partial charge on any atom is 0.127 e. The summed E-state index contributed by atoms with van der Waals surface area (Å²) in [5.74, 6) is 0.511. The Kier molecular flexibility index (Phi) is 4.15. The van der Waals surface area contributed by atoms with Crippen LogP contribution in [0.4, 0.5) is 21.6 Å². The van der Waals surface area contributed by atoms with Gasteiger partial charge in [0.15, 0.2) is 0 Å². The monoisotopic (exact) mass is 309 g/mol. The number of hydrogen-bond donors (Lipinski definition) is 2. The Hall–Kier alpha value is -1.62. The Labute approximate surface area is 114 Å². The molecule has 2 rings (SSSR count). The lowest BCUT2D eigenvalue weighted by Crippen LogP contribution is -2.00. The molecule has 18 heavy (non-hydrogen) atoms. The van der Waals surface area contributed by atoms with Crippen molar-refractivity contribution >= 4 is 33.1 Å². The average Bonchev–Trinajstić information content (AvgIpc) is 2.35. The molecule has 0 saturated carbocycles. The van der Waals surface area contributed by atoms with E-state index in [9.17, 15) is 4.39 Å². The van der Waals surface area contributed by atoms with E-state index in [0.29, 0.717) is 5.69 Å². The van der Waals surface area contributed by atoms with Crippen molar-refractivity contribution in [3.63, 3.8) is 0 Å². The Morgan fingerprint density at radius 2 is 2.11 bits per heavy atom. The van der Waals surface area contributed by atoms with Crippen molar-refractivity contribution in [2.24, 2.45) is 0 Å². The second-order valence-corrected chi connectivity index (χ2v) is 4.56. The normalized spacial score (nSPS) is 10.2. The summed E-state index contributed by atoms with van der Waals surface area (Å²) in [6.07, 6.45) is 1.70. The predicted molar refractivity (Wildman–Crippen MR) is 75.8 cm³/mol. The number of nitrogens with one attached hydrogen (secondary N) is 2. The van der Waals surface area contributed by atoms with E-state index in [1.54, 1.807) is 12.3 Å². The van der Waals surface area contributed by atoms with Gasteiger partial charge in [-0.15, -0.1) is 0 Å². The van der Waals surface area contributed by atoms with Gasteiger partial charge >= 0.3 is 0 Å². The van der Waals surface area contributed by atoms with Crippen molar-refractivity contribution in [1.29, 1.82) is 0 Å². The number of aromatic nitrogens is 1. The molecule has 0 unspecified atom stereocenters. The Bertz CT molecular complexity index is 546. The molecule has 0 saturated heterocycles. The van der Waals surface area contributed by atoms with E-state index in [0.717, 1.165) is 22.5 Å². The molecule has 0 aliphatic carbocycles. The first-order valence-electron chi connectivity index (χ1n) is 5.61. The molecular formula is C13H13BrFN3. The van der Waals surface area contributed by atoms with Crippen LogP contribution in [0, 0.1) is 5.82 Å². The number of anilines is 3. The molecular weight excluding hydrogens is 297 g/mol. The van der Waals surface area contributed by atoms with Crippen LogP contribution in [0.3, 0.4) is 0 Å². The molecule has 2 aromatic rings. The second-order valence-electron chi connectivity index (χ2n) is 3.71. The van der Waals surface area contributed by atoms with E-state index < -0.39 is 0 Å². The second kappa shape index (κ2) is 5.82. The molecule has 3 nitrogen and oxygen atoms in total. The van der Waals surface area contributed by atoms with E-state index >= 15 is 0 Å². The van der Waals surface area contributed by atoms with Gasteiger partial charge in [-0.05, 0) is 47.1 Å². The Morgan fingerprint density at radius 1 is 1.28 bits per heavy atom. The summed E-state index contributed by atoms with van der Waals surface area (Å²) in [5.41, 5.74) is 1.54. The molecule has 5 heteroatoms. The van der Waals surface area contributed by atoms with Gasteiger partial charge in [0.25, 0.3) is 0 Å². The Morgan fingerprint density at radius 3 is 2.89 bits per heavy atom. The van der Waals surface area contributed by atoms with Crippen LogP contribution in [0.15, 0.2) is 41.0 Å². The highest BCUT2D eigenvalue weighted by atomic mass is 79.9. The van der Waals surface area contributed by atoms with Crippen LogP contribution < -0.4 is 10.6 Å². The third-order valence-electron chi connectivity index (χ3n) is 2.33. The molecule has 0 atom stereocenters. The SMILES string of the molecule is CCNc1cc(Nc2cc(F)ccc2Br)ccn1. The fourth-order valence-electron chi connectivity index (χ4n) is 1.53. The first kappa shape index (κ1) is 12.8. The summed E-state index contributed by atoms with van der Waals surface area (Å²) in [7, 11) is 0. The van der Waals surface area contributed by atoms with Crippen LogP contribution in [0.25, 0.3) is 0 Å². The van der Waals surface area contributed by atoms with Crippen molar-refractivity contribution in [2.45, 2.75) is 6.92 Å². The van der Waals surface area contributed by atoms with Gasteiger partial charge in [0.05, 0.1) is 5.69 Å². The number of pyridine rings is 1. The first-order chi connectivity index (χ1) is 8.69. The van der Waals surface area contributed by atoms with E-state index in [2.05, 4.69) is 31.5 Å². The standard InChI is InChI=1S/C13H13BrFN3/c1-2-16-13-8-10(5-6-17-13)18-12-7-9(15)3-4-11(12)14/h3-8H,2H2,1H3,(H2,16,17,18). The number of rotatable bonds is 4. The molecule has 94 valence electrons. The van der Waals surface area contributed by atoms with Crippen molar-refractivity contribution in [1.82, 2.24) is 4.98 Å². The van der Waals surface area contributed by atoms with Crippen LogP contribution >= 0.6 is 15.9 Å². The van der Waals surface area contributed by atoms with Crippen LogP contribution in [0.5, 0.6) is 0 Å². The number of halogens is 2. The summed E-state index contributed by atoms with van der Waals surface area (Å²) >= 11 is 3.38. The maximum atomic E-state index is 13.2. The van der Waals surface area contributed by atoms with Crippen molar-refractivity contribution in [3.8, 4) is 0 Å². The number of nitrogens with zero attached hydrogens (tertiary/aromatic N) is 1. The molecule has 0 spiro atoms. The van der Waals surface area contributed by atoms with Crippen LogP contribution in [-0.4, -0.2) is 11.5 Å². The third kappa shape index (κ3) is 3.20. The zero-order valence-electron chi connectivity index (χ0n) is 9.87. The molecule has 0 amide bonds. The molecule has 0 fully saturated rings. The number of hydrogen-bond acceptors (Lipinski definition) is 3. The lowest BCUT2D eigenvalue weighted by molar-refractivity contribution is 0.628. The van der Waals surface area contributed by atoms with Crippen LogP contribution in [0.1, 0.15) is 6.92 Å². The minimum absolute atomic E-state index is 0.276. The van der Waals surface area contributed by atoms with Gasteiger partial charge in [0, 0.05) is 29.0 Å². The van der Waals surface area contributed by atoms with Gasteiger partial charge in [-0.2, -0.15) is 0 Å². The lowest BCUT2D eigenvalue weighted by atomic mass is 10.3. The minimum Gasteiger partial charge on any atom is -0.370 e. The molecule has 1 heterocycles. The predicted octanol–water partition coefficient (Wildman–Crippen LogP) is 4.16. The summed E-state index contributed by atoms with van der Waals surface area (Å²) in [5, 5.41) is 6.27. The van der Waals surface area contributed by atoms with Gasteiger partial charge in [-0.3, -0.25) is 0 Å². The zero-order chi connectivity index (χ0) is 13.0. The smallest absolute Gasteiger partial charge is 0.127 e. The fourth-order valence-corrected chi connectivity index (χ4v) is 1.88. The van der Waals surface area contributed by atoms with Gasteiger partial charge in [-0.25, -0.2) is 9.37 Å². The van der Waals surface area contributed by atoms with Crippen molar-refractivity contribution < 1.29 is 4.39 Å². The highest BCUT2D eigenvalue weighted by Gasteiger charge is 2.03. The summed E-state index contributed by atoms with van der Waals surface area (Å²) in [4.78, 5) is 4.17. The average molecular weight is 310 g/mol. The summed E-state index contributed by atoms with van der Waals surface area (Å²) in [6.45, 7) is 2.81. The zero-order valence-corrected chi connectivity index (χ0v) is 11.5. The summed E-state index contributed by atoms with van der Waals surface area (Å²) < 4.78 is 14.0. The van der Waals surface area contributed by atoms with E-state index in [1.807, 2.05) is 19.1 Å². The highest BCUT2D eigenvalue weighted by molar-refractivity contribution is 9.10. The molecule has 0 radical (unpaired) electrons. The molecule has 1 aromatic carbocycles. The van der Waals surface area contributed by atoms with Gasteiger partial charge in [-0.1, -0.05) is 0 Å². The summed E-state index contributed by atoms with van der Waals surface area (Å²) in [6, 6.07) is 8.23. The maximum absolute atomic E-state index is 13.2. The molecule has 2 N–H and O–H groups in total. The van der Waals surface area contributed by atoms with Gasteiger partial charge in [0.1, 0.15) is 11.6 Å². The van der Waals surface area contributed by atoms with Crippen LogP contribution in [-0.2, 0) is 0 Å². The Balaban J connectivity index is 2.22. The quantitative estimate of drug-likeness (QED) is 0.890. The number of benzene rings is 1. The molecule has 0 bridgehead atoms. The van der Waals surface area contributed by atoms with E-state index in [1.165, 1.54) is 12.1 Å². The van der Waals surface area contributed by atoms with E-state index in [-0.39, 0.29) is 5.82 Å². The van der Waals surface area contributed by atoms with Gasteiger partial charge < -0.3 is 10.6 Å². The molecule has 1 aromatic heterocycles.